The molecule has 0 aromatic heterocycles. The molecule has 0 N–H and O–H groups in total. The fourth-order valence-electron chi connectivity index (χ4n) is 3.75. The number of hydrogen-bond acceptors (Lipinski definition) is 0. The van der Waals surface area contributed by atoms with E-state index in [4.69, 9.17) is 0 Å². The first-order valence-electron chi connectivity index (χ1n) is 5.87. The fourth-order valence-corrected chi connectivity index (χ4v) is 4.54. The molecule has 3 fully saturated rings. The van der Waals surface area contributed by atoms with Crippen LogP contribution >= 0.6 is 15.9 Å². The molecule has 0 aromatic carbocycles. The molecular formula is C12H19Br. The summed E-state index contributed by atoms with van der Waals surface area (Å²) in [5.74, 6) is 3.40. The summed E-state index contributed by atoms with van der Waals surface area (Å²) < 4.78 is 0. The second-order valence-electron chi connectivity index (χ2n) is 5.77. The monoisotopic (exact) mass is 242 g/mol. The third-order valence-corrected chi connectivity index (χ3v) is 6.01. The molecule has 0 nitrogen and oxygen atoms in total. The number of rotatable bonds is 3. The van der Waals surface area contributed by atoms with Gasteiger partial charge in [0.05, 0.1) is 0 Å². The van der Waals surface area contributed by atoms with E-state index >= 15 is 0 Å². The third kappa shape index (κ3) is 1.48. The predicted molar refractivity (Wildman–Crippen MR) is 59.0 cm³/mol. The molecule has 3 unspecified atom stereocenters. The lowest BCUT2D eigenvalue weighted by molar-refractivity contribution is 0.269. The summed E-state index contributed by atoms with van der Waals surface area (Å²) in [6.45, 7) is 0. The summed E-state index contributed by atoms with van der Waals surface area (Å²) in [4.78, 5) is 0. The van der Waals surface area contributed by atoms with Gasteiger partial charge < -0.3 is 0 Å². The van der Waals surface area contributed by atoms with Crippen LogP contribution in [0.5, 0.6) is 0 Å². The van der Waals surface area contributed by atoms with Gasteiger partial charge in [-0.3, -0.25) is 0 Å². The van der Waals surface area contributed by atoms with Gasteiger partial charge in [0.2, 0.25) is 0 Å². The molecule has 2 bridgehead atoms. The maximum absolute atomic E-state index is 3.69. The van der Waals surface area contributed by atoms with Crippen molar-refractivity contribution in [1.82, 2.24) is 0 Å². The standard InChI is InChI=1S/C12H19Br/c13-8-12(3-4-12)7-11-6-9-1-2-10(11)5-9/h9-11H,1-8H2. The number of fused-ring (bicyclic) bond motifs is 2. The van der Waals surface area contributed by atoms with Crippen LogP contribution in [0.1, 0.15) is 44.9 Å². The zero-order chi connectivity index (χ0) is 8.89. The highest BCUT2D eigenvalue weighted by molar-refractivity contribution is 9.09. The van der Waals surface area contributed by atoms with Crippen LogP contribution in [0, 0.1) is 23.2 Å². The fraction of sp³-hybridized carbons (Fsp3) is 1.00. The van der Waals surface area contributed by atoms with Crippen LogP contribution in [0.4, 0.5) is 0 Å². The highest BCUT2D eigenvalue weighted by atomic mass is 79.9. The van der Waals surface area contributed by atoms with Crippen LogP contribution < -0.4 is 0 Å². The van der Waals surface area contributed by atoms with E-state index in [1.807, 2.05) is 0 Å². The lowest BCUT2D eigenvalue weighted by Gasteiger charge is -2.25. The van der Waals surface area contributed by atoms with Gasteiger partial charge in [-0.1, -0.05) is 22.4 Å². The van der Waals surface area contributed by atoms with Gasteiger partial charge in [0.25, 0.3) is 0 Å². The van der Waals surface area contributed by atoms with Crippen molar-refractivity contribution < 1.29 is 0 Å². The molecule has 3 rings (SSSR count). The molecule has 0 amide bonds. The van der Waals surface area contributed by atoms with Crippen molar-refractivity contribution >= 4 is 15.9 Å². The Labute approximate surface area is 89.6 Å². The van der Waals surface area contributed by atoms with Crippen molar-refractivity contribution in [3.63, 3.8) is 0 Å². The largest absolute Gasteiger partial charge is 0.0922 e. The molecule has 0 saturated heterocycles. The van der Waals surface area contributed by atoms with Gasteiger partial charge in [-0.05, 0) is 61.7 Å². The molecule has 3 saturated carbocycles. The van der Waals surface area contributed by atoms with Crippen LogP contribution in [0.25, 0.3) is 0 Å². The maximum Gasteiger partial charge on any atom is 0.00880 e. The molecule has 3 atom stereocenters. The SMILES string of the molecule is BrCC1(CC2CC3CCC2C3)CC1. The minimum absolute atomic E-state index is 0.773. The Balaban J connectivity index is 1.62. The van der Waals surface area contributed by atoms with E-state index in [-0.39, 0.29) is 0 Å². The van der Waals surface area contributed by atoms with Gasteiger partial charge in [-0.15, -0.1) is 0 Å². The van der Waals surface area contributed by atoms with E-state index in [9.17, 15) is 0 Å². The molecular weight excluding hydrogens is 224 g/mol. The Hall–Kier alpha value is 0.480. The summed E-state index contributed by atoms with van der Waals surface area (Å²) in [7, 11) is 0. The molecule has 0 heterocycles. The van der Waals surface area contributed by atoms with Crippen molar-refractivity contribution in [2.45, 2.75) is 44.9 Å². The predicted octanol–water partition coefficient (Wildman–Crippen LogP) is 3.99. The summed E-state index contributed by atoms with van der Waals surface area (Å²) >= 11 is 3.69. The van der Waals surface area contributed by atoms with E-state index in [2.05, 4.69) is 15.9 Å². The van der Waals surface area contributed by atoms with Crippen LogP contribution in [0.15, 0.2) is 0 Å². The van der Waals surface area contributed by atoms with Crippen molar-refractivity contribution in [3.8, 4) is 0 Å². The number of alkyl halides is 1. The molecule has 3 aliphatic carbocycles. The summed E-state index contributed by atoms with van der Waals surface area (Å²) in [5, 5.41) is 1.27. The average Bonchev–Trinajstić information content (AvgIpc) is 2.62. The zero-order valence-electron chi connectivity index (χ0n) is 8.27. The first-order chi connectivity index (χ1) is 6.31. The quantitative estimate of drug-likeness (QED) is 0.657. The highest BCUT2D eigenvalue weighted by Crippen LogP contribution is 2.58. The van der Waals surface area contributed by atoms with E-state index < -0.39 is 0 Å². The summed E-state index contributed by atoms with van der Waals surface area (Å²) in [6.07, 6.45) is 10.9. The molecule has 0 radical (unpaired) electrons. The van der Waals surface area contributed by atoms with Gasteiger partial charge in [-0.25, -0.2) is 0 Å². The normalized spacial score (nSPS) is 45.5. The van der Waals surface area contributed by atoms with Crippen LogP contribution in [-0.4, -0.2) is 5.33 Å². The molecule has 0 aromatic rings. The minimum atomic E-state index is 0.773. The van der Waals surface area contributed by atoms with Crippen LogP contribution in [0.3, 0.4) is 0 Å². The van der Waals surface area contributed by atoms with E-state index in [1.165, 1.54) is 18.2 Å². The Morgan fingerprint density at radius 3 is 2.46 bits per heavy atom. The van der Waals surface area contributed by atoms with Gasteiger partial charge in [0.15, 0.2) is 0 Å². The average molecular weight is 243 g/mol. The molecule has 3 aliphatic rings. The summed E-state index contributed by atoms with van der Waals surface area (Å²) in [6, 6.07) is 0. The van der Waals surface area contributed by atoms with E-state index in [0.29, 0.717) is 0 Å². The van der Waals surface area contributed by atoms with Crippen molar-refractivity contribution in [1.29, 1.82) is 0 Å². The lowest BCUT2D eigenvalue weighted by atomic mass is 9.81. The Morgan fingerprint density at radius 2 is 2.00 bits per heavy atom. The highest BCUT2D eigenvalue weighted by Gasteiger charge is 2.48. The van der Waals surface area contributed by atoms with Gasteiger partial charge in [-0.2, -0.15) is 0 Å². The molecule has 0 spiro atoms. The zero-order valence-corrected chi connectivity index (χ0v) is 9.85. The third-order valence-electron chi connectivity index (χ3n) is 4.82. The molecule has 1 heteroatoms. The van der Waals surface area contributed by atoms with E-state index in [1.54, 1.807) is 32.1 Å². The Bertz CT molecular complexity index is 207. The lowest BCUT2D eigenvalue weighted by Crippen LogP contribution is -2.16. The molecule has 74 valence electrons. The topological polar surface area (TPSA) is 0 Å². The van der Waals surface area contributed by atoms with Gasteiger partial charge >= 0.3 is 0 Å². The van der Waals surface area contributed by atoms with Crippen molar-refractivity contribution in [2.75, 3.05) is 5.33 Å². The first kappa shape index (κ1) is 8.76. The first-order valence-corrected chi connectivity index (χ1v) is 6.99. The van der Waals surface area contributed by atoms with Gasteiger partial charge in [0.1, 0.15) is 0 Å². The smallest absolute Gasteiger partial charge is 0.00880 e. The second kappa shape index (κ2) is 2.98. The Morgan fingerprint density at radius 1 is 1.15 bits per heavy atom. The number of halogens is 1. The van der Waals surface area contributed by atoms with Crippen LogP contribution in [0.2, 0.25) is 0 Å². The van der Waals surface area contributed by atoms with Crippen molar-refractivity contribution in [2.24, 2.45) is 23.2 Å². The molecule has 0 aliphatic heterocycles. The minimum Gasteiger partial charge on any atom is -0.0922 e. The number of hydrogen-bond donors (Lipinski definition) is 0. The molecule has 13 heavy (non-hydrogen) atoms. The summed E-state index contributed by atoms with van der Waals surface area (Å²) in [5.41, 5.74) is 0.773. The Kier molecular flexibility index (Phi) is 2.01. The maximum atomic E-state index is 3.69. The van der Waals surface area contributed by atoms with Crippen molar-refractivity contribution in [3.05, 3.63) is 0 Å². The van der Waals surface area contributed by atoms with Crippen LogP contribution in [-0.2, 0) is 0 Å². The van der Waals surface area contributed by atoms with E-state index in [0.717, 1.165) is 23.2 Å². The second-order valence-corrected chi connectivity index (χ2v) is 6.33. The van der Waals surface area contributed by atoms with Gasteiger partial charge in [0, 0.05) is 5.33 Å².